The molecule has 2 aromatic heterocycles. The van der Waals surface area contributed by atoms with E-state index in [1.165, 1.54) is 12.1 Å². The van der Waals surface area contributed by atoms with Crippen LogP contribution >= 0.6 is 0 Å². The fraction of sp³-hybridized carbons (Fsp3) is 0.0833. The monoisotopic (exact) mass is 231 g/mol. The van der Waals surface area contributed by atoms with Gasteiger partial charge in [-0.05, 0) is 18.2 Å². The van der Waals surface area contributed by atoms with E-state index in [9.17, 15) is 9.18 Å². The molecular weight excluding hydrogens is 221 g/mol. The van der Waals surface area contributed by atoms with Crippen LogP contribution in [0.25, 0.3) is 0 Å². The van der Waals surface area contributed by atoms with E-state index in [-0.39, 0.29) is 17.9 Å². The molecule has 0 saturated carbocycles. The number of rotatable bonds is 3. The smallest absolute Gasteiger partial charge is 0.185 e. The van der Waals surface area contributed by atoms with E-state index in [1.54, 1.807) is 18.3 Å². The van der Waals surface area contributed by atoms with Crippen molar-refractivity contribution in [1.29, 1.82) is 0 Å². The average molecular weight is 231 g/mol. The van der Waals surface area contributed by atoms with Crippen molar-refractivity contribution >= 4 is 11.6 Å². The lowest BCUT2D eigenvalue weighted by molar-refractivity contribution is 0.0988. The van der Waals surface area contributed by atoms with Crippen molar-refractivity contribution in [2.24, 2.45) is 0 Å². The zero-order valence-electron chi connectivity index (χ0n) is 8.93. The fourth-order valence-electron chi connectivity index (χ4n) is 1.40. The molecule has 0 aromatic carbocycles. The molecule has 17 heavy (non-hydrogen) atoms. The van der Waals surface area contributed by atoms with E-state index in [4.69, 9.17) is 5.73 Å². The van der Waals surface area contributed by atoms with Crippen LogP contribution in [0.1, 0.15) is 16.1 Å². The fourth-order valence-corrected chi connectivity index (χ4v) is 1.40. The van der Waals surface area contributed by atoms with Crippen molar-refractivity contribution in [2.75, 3.05) is 5.73 Å². The molecule has 0 saturated heterocycles. The maximum atomic E-state index is 12.6. The van der Waals surface area contributed by atoms with Crippen LogP contribution in [0.3, 0.4) is 0 Å². The standard InChI is InChI=1S/C12H10FN3O/c13-9-3-4-10(16-7-9)11(17)6-8-2-1-5-15-12(8)14/h1-5,7H,6H2,(H2,14,15). The van der Waals surface area contributed by atoms with E-state index in [1.807, 2.05) is 0 Å². The van der Waals surface area contributed by atoms with Gasteiger partial charge in [0.05, 0.1) is 6.20 Å². The van der Waals surface area contributed by atoms with Crippen LogP contribution in [-0.2, 0) is 6.42 Å². The number of carbonyl (C=O) groups excluding carboxylic acids is 1. The Labute approximate surface area is 97.3 Å². The first-order valence-corrected chi connectivity index (χ1v) is 5.01. The van der Waals surface area contributed by atoms with Gasteiger partial charge in [-0.15, -0.1) is 0 Å². The van der Waals surface area contributed by atoms with Gasteiger partial charge in [-0.3, -0.25) is 9.78 Å². The number of nitrogens with zero attached hydrogens (tertiary/aromatic N) is 2. The number of nitrogens with two attached hydrogens (primary N) is 1. The Morgan fingerprint density at radius 2 is 2.12 bits per heavy atom. The van der Waals surface area contributed by atoms with Crippen LogP contribution in [0, 0.1) is 5.82 Å². The first kappa shape index (κ1) is 11.2. The summed E-state index contributed by atoms with van der Waals surface area (Å²) in [5.74, 6) is -0.366. The third kappa shape index (κ3) is 2.63. The quantitative estimate of drug-likeness (QED) is 0.815. The SMILES string of the molecule is Nc1ncccc1CC(=O)c1ccc(F)cn1. The number of anilines is 1. The number of hydrogen-bond acceptors (Lipinski definition) is 4. The molecule has 2 N–H and O–H groups in total. The Bertz CT molecular complexity index is 540. The second-order valence-electron chi connectivity index (χ2n) is 3.51. The summed E-state index contributed by atoms with van der Waals surface area (Å²) in [7, 11) is 0. The molecule has 0 amide bonds. The predicted octanol–water partition coefficient (Wildman–Crippen LogP) is 1.62. The lowest BCUT2D eigenvalue weighted by Crippen LogP contribution is -2.08. The molecule has 0 aliphatic rings. The number of ketones is 1. The van der Waals surface area contributed by atoms with Crippen LogP contribution < -0.4 is 5.73 Å². The van der Waals surface area contributed by atoms with E-state index >= 15 is 0 Å². The first-order chi connectivity index (χ1) is 8.16. The summed E-state index contributed by atoms with van der Waals surface area (Å²) in [4.78, 5) is 19.4. The van der Waals surface area contributed by atoms with E-state index in [0.717, 1.165) is 6.20 Å². The second kappa shape index (κ2) is 4.69. The van der Waals surface area contributed by atoms with Gasteiger partial charge in [-0.25, -0.2) is 9.37 Å². The maximum absolute atomic E-state index is 12.6. The molecule has 0 aliphatic carbocycles. The van der Waals surface area contributed by atoms with Crippen molar-refractivity contribution in [3.05, 3.63) is 53.7 Å². The largest absolute Gasteiger partial charge is 0.383 e. The molecule has 2 heterocycles. The molecule has 2 rings (SSSR count). The minimum atomic E-state index is -0.470. The lowest BCUT2D eigenvalue weighted by atomic mass is 10.1. The Morgan fingerprint density at radius 3 is 2.76 bits per heavy atom. The highest BCUT2D eigenvalue weighted by Crippen LogP contribution is 2.11. The Morgan fingerprint density at radius 1 is 1.29 bits per heavy atom. The number of pyridine rings is 2. The van der Waals surface area contributed by atoms with Crippen molar-refractivity contribution in [2.45, 2.75) is 6.42 Å². The van der Waals surface area contributed by atoms with Crippen LogP contribution in [0.5, 0.6) is 0 Å². The van der Waals surface area contributed by atoms with Gasteiger partial charge >= 0.3 is 0 Å². The van der Waals surface area contributed by atoms with Gasteiger partial charge in [-0.2, -0.15) is 0 Å². The summed E-state index contributed by atoms with van der Waals surface area (Å²) in [6.07, 6.45) is 2.68. The van der Waals surface area contributed by atoms with Crippen molar-refractivity contribution in [1.82, 2.24) is 9.97 Å². The van der Waals surface area contributed by atoms with Gasteiger partial charge < -0.3 is 5.73 Å². The highest BCUT2D eigenvalue weighted by molar-refractivity contribution is 5.96. The Hall–Kier alpha value is -2.30. The second-order valence-corrected chi connectivity index (χ2v) is 3.51. The predicted molar refractivity (Wildman–Crippen MR) is 60.9 cm³/mol. The van der Waals surface area contributed by atoms with Gasteiger partial charge in [0.15, 0.2) is 5.78 Å². The highest BCUT2D eigenvalue weighted by Gasteiger charge is 2.10. The molecule has 0 unspecified atom stereocenters. The van der Waals surface area contributed by atoms with E-state index in [2.05, 4.69) is 9.97 Å². The lowest BCUT2D eigenvalue weighted by Gasteiger charge is -2.03. The topological polar surface area (TPSA) is 68.9 Å². The van der Waals surface area contributed by atoms with Gasteiger partial charge in [0.25, 0.3) is 0 Å². The zero-order chi connectivity index (χ0) is 12.3. The van der Waals surface area contributed by atoms with Gasteiger partial charge in [0.2, 0.25) is 0 Å². The summed E-state index contributed by atoms with van der Waals surface area (Å²) in [6.45, 7) is 0. The maximum Gasteiger partial charge on any atom is 0.185 e. The molecule has 2 aromatic rings. The first-order valence-electron chi connectivity index (χ1n) is 5.01. The van der Waals surface area contributed by atoms with Crippen LogP contribution in [0.15, 0.2) is 36.7 Å². The van der Waals surface area contributed by atoms with Gasteiger partial charge in [0.1, 0.15) is 17.3 Å². The third-order valence-corrected chi connectivity index (χ3v) is 2.29. The van der Waals surface area contributed by atoms with Crippen LogP contribution in [0.4, 0.5) is 10.2 Å². The number of aromatic nitrogens is 2. The van der Waals surface area contributed by atoms with Crippen molar-refractivity contribution < 1.29 is 9.18 Å². The van der Waals surface area contributed by atoms with E-state index < -0.39 is 5.82 Å². The number of Topliss-reactive ketones (excluding diaryl/α,β-unsaturated/α-hetero) is 1. The molecule has 0 spiro atoms. The molecule has 86 valence electrons. The average Bonchev–Trinajstić information content (AvgIpc) is 2.33. The van der Waals surface area contributed by atoms with Crippen LogP contribution in [0.2, 0.25) is 0 Å². The van der Waals surface area contributed by atoms with E-state index in [0.29, 0.717) is 11.4 Å². The molecule has 4 nitrogen and oxygen atoms in total. The van der Waals surface area contributed by atoms with Crippen molar-refractivity contribution in [3.63, 3.8) is 0 Å². The zero-order valence-corrected chi connectivity index (χ0v) is 8.93. The number of carbonyl (C=O) groups is 1. The minimum absolute atomic E-state index is 0.109. The number of hydrogen-bond donors (Lipinski definition) is 1. The summed E-state index contributed by atoms with van der Waals surface area (Å²) >= 11 is 0. The van der Waals surface area contributed by atoms with Crippen molar-refractivity contribution in [3.8, 4) is 0 Å². The minimum Gasteiger partial charge on any atom is -0.383 e. The molecule has 5 heteroatoms. The Kier molecular flexibility index (Phi) is 3.09. The molecule has 0 fully saturated rings. The molecule has 0 radical (unpaired) electrons. The summed E-state index contributed by atoms with van der Waals surface area (Å²) in [5.41, 5.74) is 6.49. The van der Waals surface area contributed by atoms with Crippen LogP contribution in [-0.4, -0.2) is 15.8 Å². The highest BCUT2D eigenvalue weighted by atomic mass is 19.1. The summed E-state index contributed by atoms with van der Waals surface area (Å²) in [5, 5.41) is 0. The molecule has 0 bridgehead atoms. The Balaban J connectivity index is 2.17. The molecular formula is C12H10FN3O. The normalized spacial score (nSPS) is 10.2. The number of nitrogen functional groups attached to an aromatic ring is 1. The summed E-state index contributed by atoms with van der Waals surface area (Å²) < 4.78 is 12.6. The van der Waals surface area contributed by atoms with Gasteiger partial charge in [0, 0.05) is 18.2 Å². The third-order valence-electron chi connectivity index (χ3n) is 2.29. The summed E-state index contributed by atoms with van der Waals surface area (Å²) in [6, 6.07) is 5.98. The van der Waals surface area contributed by atoms with Gasteiger partial charge in [-0.1, -0.05) is 6.07 Å². The number of halogens is 1. The molecule has 0 aliphatic heterocycles. The molecule has 0 atom stereocenters.